The molecule has 0 aromatic heterocycles. The number of methoxy groups -OCH3 is 3. The van der Waals surface area contributed by atoms with Crippen LogP contribution in [0.2, 0.25) is 0 Å². The maximum Gasteiger partial charge on any atom is 0.185 e. The van der Waals surface area contributed by atoms with Gasteiger partial charge in [0.15, 0.2) is 21.3 Å². The zero-order valence-electron chi connectivity index (χ0n) is 19.5. The molecule has 0 aliphatic rings. The van der Waals surface area contributed by atoms with Crippen molar-refractivity contribution in [3.05, 3.63) is 60.7 Å². The molecule has 0 amide bonds. The Kier molecular flexibility index (Phi) is 10.6. The van der Waals surface area contributed by atoms with Gasteiger partial charge in [-0.25, -0.2) is 8.42 Å². The lowest BCUT2D eigenvalue weighted by Crippen LogP contribution is -2.15. The van der Waals surface area contributed by atoms with Crippen molar-refractivity contribution in [2.75, 3.05) is 21.3 Å². The van der Waals surface area contributed by atoms with Gasteiger partial charge in [-0.05, 0) is 37.5 Å². The Balaban J connectivity index is 2.30. The molecule has 0 fully saturated rings. The van der Waals surface area contributed by atoms with Crippen LogP contribution in [0.5, 0.6) is 17.2 Å². The van der Waals surface area contributed by atoms with Crippen LogP contribution >= 0.6 is 0 Å². The van der Waals surface area contributed by atoms with Crippen LogP contribution in [0.25, 0.3) is 0 Å². The van der Waals surface area contributed by atoms with Gasteiger partial charge in [-0.3, -0.25) is 0 Å². The van der Waals surface area contributed by atoms with E-state index in [0.29, 0.717) is 34.1 Å². The van der Waals surface area contributed by atoms with Crippen molar-refractivity contribution in [3.8, 4) is 17.2 Å². The van der Waals surface area contributed by atoms with Crippen LogP contribution in [0.1, 0.15) is 62.2 Å². The van der Waals surface area contributed by atoms with E-state index in [4.69, 9.17) is 14.2 Å². The Morgan fingerprint density at radius 3 is 1.97 bits per heavy atom. The second-order valence-corrected chi connectivity index (χ2v) is 9.91. The monoisotopic (exact) mass is 460 g/mol. The van der Waals surface area contributed by atoms with E-state index in [-0.39, 0.29) is 0 Å². The van der Waals surface area contributed by atoms with Gasteiger partial charge >= 0.3 is 0 Å². The van der Waals surface area contributed by atoms with Crippen LogP contribution in [-0.4, -0.2) is 29.7 Å². The third-order valence-electron chi connectivity index (χ3n) is 5.65. The minimum Gasteiger partial charge on any atom is -0.496 e. The van der Waals surface area contributed by atoms with Gasteiger partial charge in [0.2, 0.25) is 0 Å². The first-order valence-corrected chi connectivity index (χ1v) is 12.7. The quantitative estimate of drug-likeness (QED) is 0.223. The highest BCUT2D eigenvalue weighted by molar-refractivity contribution is 7.91. The summed E-state index contributed by atoms with van der Waals surface area (Å²) in [7, 11) is 1.01. The Bertz CT molecular complexity index is 938. The molecule has 2 rings (SSSR count). The Labute approximate surface area is 193 Å². The average Bonchev–Trinajstić information content (AvgIpc) is 2.82. The van der Waals surface area contributed by atoms with Gasteiger partial charge in [-0.1, -0.05) is 56.4 Å². The molecule has 0 bridgehead atoms. The Hall–Kier alpha value is -2.47. The number of hydrogen-bond donors (Lipinski definition) is 0. The van der Waals surface area contributed by atoms with Crippen molar-refractivity contribution < 1.29 is 22.6 Å². The fraction of sp³-hybridized carbons (Fsp3) is 0.462. The largest absolute Gasteiger partial charge is 0.496 e. The molecule has 0 saturated carbocycles. The van der Waals surface area contributed by atoms with E-state index in [1.807, 2.05) is 12.1 Å². The average molecular weight is 461 g/mol. The molecule has 5 nitrogen and oxygen atoms in total. The van der Waals surface area contributed by atoms with Gasteiger partial charge in [0, 0.05) is 11.6 Å². The molecule has 0 aliphatic heterocycles. The van der Waals surface area contributed by atoms with Gasteiger partial charge in [-0.2, -0.15) is 0 Å². The molecule has 1 atom stereocenters. The summed E-state index contributed by atoms with van der Waals surface area (Å²) < 4.78 is 43.7. The topological polar surface area (TPSA) is 61.8 Å². The summed E-state index contributed by atoms with van der Waals surface area (Å²) in [6.45, 7) is 3.76. The van der Waals surface area contributed by atoms with Crippen molar-refractivity contribution in [2.45, 2.75) is 61.5 Å². The van der Waals surface area contributed by atoms with E-state index in [2.05, 4.69) is 6.58 Å². The lowest BCUT2D eigenvalue weighted by Gasteiger charge is -2.22. The number of sulfone groups is 1. The third kappa shape index (κ3) is 6.76. The zero-order chi connectivity index (χ0) is 23.4. The third-order valence-corrected chi connectivity index (χ3v) is 7.82. The van der Waals surface area contributed by atoms with Crippen molar-refractivity contribution >= 4 is 9.84 Å². The van der Waals surface area contributed by atoms with E-state index in [0.717, 1.165) is 38.5 Å². The normalized spacial score (nSPS) is 12.2. The summed E-state index contributed by atoms with van der Waals surface area (Å²) >= 11 is 0. The lowest BCUT2D eigenvalue weighted by molar-refractivity contribution is 0.347. The summed E-state index contributed by atoms with van der Waals surface area (Å²) in [6, 6.07) is 12.0. The molecule has 2 aromatic rings. The standard InChI is InChI=1S/C26H36O5S/c1-5-6-7-8-9-10-11-15-18-26(32(27,28)21-16-13-12-14-17-21)22-19-24(30-3)25(31-4)20-23(22)29-2/h5,12-14,16-17,19-20,26H,1,6-11,15,18H2,2-4H3. The van der Waals surface area contributed by atoms with Crippen molar-refractivity contribution in [3.63, 3.8) is 0 Å². The molecule has 0 saturated heterocycles. The summed E-state index contributed by atoms with van der Waals surface area (Å²) in [6.07, 6.45) is 9.92. The number of ether oxygens (including phenoxy) is 3. The first kappa shape index (κ1) is 25.8. The van der Waals surface area contributed by atoms with E-state index in [1.54, 1.807) is 57.7 Å². The first-order valence-electron chi connectivity index (χ1n) is 11.2. The molecule has 6 heteroatoms. The van der Waals surface area contributed by atoms with Crippen LogP contribution in [0.15, 0.2) is 60.0 Å². The lowest BCUT2D eigenvalue weighted by atomic mass is 10.0. The molecule has 0 N–H and O–H groups in total. The molecule has 0 heterocycles. The highest BCUT2D eigenvalue weighted by atomic mass is 32.2. The van der Waals surface area contributed by atoms with Crippen LogP contribution in [0.4, 0.5) is 0 Å². The molecule has 176 valence electrons. The van der Waals surface area contributed by atoms with E-state index >= 15 is 0 Å². The maximum absolute atomic E-state index is 13.7. The number of unbranched alkanes of at least 4 members (excludes halogenated alkanes) is 6. The summed E-state index contributed by atoms with van der Waals surface area (Å²) in [5.74, 6) is 1.47. The summed E-state index contributed by atoms with van der Waals surface area (Å²) in [5.41, 5.74) is 0.597. The second kappa shape index (κ2) is 13.2. The van der Waals surface area contributed by atoms with Crippen molar-refractivity contribution in [2.24, 2.45) is 0 Å². The van der Waals surface area contributed by atoms with Crippen LogP contribution < -0.4 is 14.2 Å². The smallest absolute Gasteiger partial charge is 0.185 e. The minimum atomic E-state index is -3.62. The molecule has 2 aromatic carbocycles. The SMILES string of the molecule is C=CCCCCCCCCC(c1cc(OC)c(OC)cc1OC)S(=O)(=O)c1ccccc1. The molecule has 0 radical (unpaired) electrons. The minimum absolute atomic E-state index is 0.311. The maximum atomic E-state index is 13.7. The predicted octanol–water partition coefficient (Wildman–Crippen LogP) is 6.53. The molecular weight excluding hydrogens is 424 g/mol. The zero-order valence-corrected chi connectivity index (χ0v) is 20.3. The Morgan fingerprint density at radius 1 is 0.812 bits per heavy atom. The molecule has 0 aliphatic carbocycles. The number of benzene rings is 2. The van der Waals surface area contributed by atoms with Gasteiger partial charge in [0.1, 0.15) is 5.75 Å². The van der Waals surface area contributed by atoms with E-state index in [9.17, 15) is 8.42 Å². The fourth-order valence-corrected chi connectivity index (χ4v) is 5.74. The van der Waals surface area contributed by atoms with E-state index in [1.165, 1.54) is 6.42 Å². The highest BCUT2D eigenvalue weighted by Gasteiger charge is 2.32. The Morgan fingerprint density at radius 2 is 1.38 bits per heavy atom. The summed E-state index contributed by atoms with van der Waals surface area (Å²) in [4.78, 5) is 0.311. The molecular formula is C26H36O5S. The molecule has 0 spiro atoms. The van der Waals surface area contributed by atoms with Crippen LogP contribution in [0.3, 0.4) is 0 Å². The fourth-order valence-electron chi connectivity index (χ4n) is 3.88. The van der Waals surface area contributed by atoms with Gasteiger partial charge < -0.3 is 14.2 Å². The van der Waals surface area contributed by atoms with Gasteiger partial charge in [0.05, 0.1) is 31.5 Å². The summed E-state index contributed by atoms with van der Waals surface area (Å²) in [5, 5.41) is -0.736. The number of hydrogen-bond acceptors (Lipinski definition) is 5. The molecule has 32 heavy (non-hydrogen) atoms. The van der Waals surface area contributed by atoms with Crippen molar-refractivity contribution in [1.29, 1.82) is 0 Å². The van der Waals surface area contributed by atoms with Crippen molar-refractivity contribution in [1.82, 2.24) is 0 Å². The number of rotatable bonds is 15. The van der Waals surface area contributed by atoms with Crippen LogP contribution in [-0.2, 0) is 9.84 Å². The van der Waals surface area contributed by atoms with E-state index < -0.39 is 15.1 Å². The van der Waals surface area contributed by atoms with Crippen LogP contribution in [0, 0.1) is 0 Å². The highest BCUT2D eigenvalue weighted by Crippen LogP contribution is 2.43. The first-order chi connectivity index (χ1) is 15.5. The second-order valence-electron chi connectivity index (χ2n) is 7.78. The molecule has 1 unspecified atom stereocenters. The number of allylic oxidation sites excluding steroid dienone is 1. The predicted molar refractivity (Wildman–Crippen MR) is 130 cm³/mol. The van der Waals surface area contributed by atoms with Gasteiger partial charge in [0.25, 0.3) is 0 Å². The van der Waals surface area contributed by atoms with Gasteiger partial charge in [-0.15, -0.1) is 6.58 Å².